The predicted octanol–water partition coefficient (Wildman–Crippen LogP) is 3.61. The molecule has 1 saturated heterocycles. The molecule has 5 atom stereocenters. The minimum absolute atomic E-state index is 0.0215. The number of aliphatic carboxylic acids is 1. The Kier molecular flexibility index (Phi) is 10.8. The Morgan fingerprint density at radius 1 is 1.06 bits per heavy atom. The minimum atomic E-state index is -1.47. The van der Waals surface area contributed by atoms with Gasteiger partial charge in [0, 0.05) is 38.0 Å². The largest absolute Gasteiger partial charge is 0.492 e. The summed E-state index contributed by atoms with van der Waals surface area (Å²) >= 11 is 0. The Balaban J connectivity index is 1.15. The number of benzene rings is 1. The van der Waals surface area contributed by atoms with Gasteiger partial charge in [0.1, 0.15) is 41.7 Å². The molecule has 6 rings (SSSR count). The summed E-state index contributed by atoms with van der Waals surface area (Å²) in [6.07, 6.45) is 7.53. The van der Waals surface area contributed by atoms with Crippen molar-refractivity contribution < 1.29 is 43.3 Å². The molecule has 0 unspecified atom stereocenters. The molecule has 3 heterocycles. The second kappa shape index (κ2) is 15.1. The maximum atomic E-state index is 14.2. The Morgan fingerprint density at radius 3 is 2.59 bits per heavy atom. The summed E-state index contributed by atoms with van der Waals surface area (Å²) in [4.78, 5) is 69.7. The van der Waals surface area contributed by atoms with Gasteiger partial charge >= 0.3 is 18.2 Å². The van der Waals surface area contributed by atoms with Crippen molar-refractivity contribution in [2.24, 2.45) is 5.92 Å². The number of nitrogens with zero attached hydrogens (tertiary/aromatic N) is 2. The summed E-state index contributed by atoms with van der Waals surface area (Å²) in [5.41, 5.74) is -0.330. The maximum Gasteiger partial charge on any atom is 0.410 e. The molecule has 1 aromatic carbocycles. The van der Waals surface area contributed by atoms with E-state index in [4.69, 9.17) is 14.2 Å². The fourth-order valence-corrected chi connectivity index (χ4v) is 7.12. The lowest BCUT2D eigenvalue weighted by Crippen LogP contribution is -2.56. The van der Waals surface area contributed by atoms with Crippen molar-refractivity contribution in [3.05, 3.63) is 41.5 Å². The van der Waals surface area contributed by atoms with Crippen LogP contribution in [-0.4, -0.2) is 99.9 Å². The molecule has 14 heteroatoms. The molecule has 51 heavy (non-hydrogen) atoms. The first-order chi connectivity index (χ1) is 24.3. The number of alkyl carbamates (subject to hydrolysis) is 1. The van der Waals surface area contributed by atoms with E-state index in [1.807, 2.05) is 30.4 Å². The first-order valence-corrected chi connectivity index (χ1v) is 18.3. The summed E-state index contributed by atoms with van der Waals surface area (Å²) in [7, 11) is 0. The molecule has 278 valence electrons. The van der Waals surface area contributed by atoms with E-state index in [1.54, 1.807) is 25.7 Å². The van der Waals surface area contributed by atoms with Crippen molar-refractivity contribution >= 4 is 30.0 Å². The number of fused-ring (bicyclic) bond motifs is 3. The number of carbonyl (C=O) groups excluding carboxylic acids is 4. The number of ether oxygens (including phenoxy) is 3. The predicted molar refractivity (Wildman–Crippen MR) is 185 cm³/mol. The van der Waals surface area contributed by atoms with E-state index in [2.05, 4.69) is 16.0 Å². The van der Waals surface area contributed by atoms with Gasteiger partial charge in [0.15, 0.2) is 0 Å². The lowest BCUT2D eigenvalue weighted by Gasteiger charge is -2.30. The zero-order valence-corrected chi connectivity index (χ0v) is 29.8. The van der Waals surface area contributed by atoms with Crippen LogP contribution in [0.25, 0.3) is 0 Å². The molecule has 0 radical (unpaired) electrons. The molecule has 4 N–H and O–H groups in total. The van der Waals surface area contributed by atoms with Crippen molar-refractivity contribution in [2.75, 3.05) is 19.7 Å². The van der Waals surface area contributed by atoms with Crippen LogP contribution in [0.4, 0.5) is 9.59 Å². The zero-order chi connectivity index (χ0) is 36.3. The van der Waals surface area contributed by atoms with Crippen molar-refractivity contribution in [3.8, 4) is 5.75 Å². The first-order valence-electron chi connectivity index (χ1n) is 18.3. The monoisotopic (exact) mass is 709 g/mol. The number of hydrogen-bond acceptors (Lipinski definition) is 9. The second-order valence-electron chi connectivity index (χ2n) is 15.5. The lowest BCUT2D eigenvalue weighted by molar-refractivity contribution is -0.145. The van der Waals surface area contributed by atoms with E-state index in [1.165, 1.54) is 17.7 Å². The van der Waals surface area contributed by atoms with Gasteiger partial charge in [-0.15, -0.1) is 0 Å². The molecule has 5 aliphatic rings. The van der Waals surface area contributed by atoms with Crippen LogP contribution < -0.4 is 20.7 Å². The standard InChI is InChI=1S/C37H51N5O9/c1-36(2,3)51-34(47)39-29-10-8-6-4-5-7-9-25-19-37(25,33(45)46)40-31(43)30-18-28(22-42(30)32(29)44)50-35(48)41-20-23-11-14-27(17-24(23)21-41)49-16-15-38-26-12-13-26/h7,9,11,14,17,25-26,28-30,38H,4-6,8,10,12-13,15-16,18-22H2,1-3H3,(H,39,47)(H,40,43)(H,45,46)/b9-7-/t25-,28-,29+,30+,37-/m1/s1. The topological polar surface area (TPSA) is 176 Å². The third-order valence-corrected chi connectivity index (χ3v) is 10.1. The molecule has 3 fully saturated rings. The summed E-state index contributed by atoms with van der Waals surface area (Å²) in [6.45, 7) is 7.06. The number of amides is 4. The van der Waals surface area contributed by atoms with Crippen molar-refractivity contribution in [3.63, 3.8) is 0 Å². The summed E-state index contributed by atoms with van der Waals surface area (Å²) in [6, 6.07) is 4.26. The third kappa shape index (κ3) is 9.13. The van der Waals surface area contributed by atoms with Crippen molar-refractivity contribution in [1.29, 1.82) is 0 Å². The van der Waals surface area contributed by atoms with Gasteiger partial charge in [0.25, 0.3) is 0 Å². The Labute approximate surface area is 298 Å². The molecule has 0 spiro atoms. The molecule has 2 saturated carbocycles. The highest BCUT2D eigenvalue weighted by Crippen LogP contribution is 2.45. The fraction of sp³-hybridized carbons (Fsp3) is 0.649. The van der Waals surface area contributed by atoms with Crippen LogP contribution >= 0.6 is 0 Å². The molecule has 0 aromatic heterocycles. The number of carbonyl (C=O) groups is 5. The van der Waals surface area contributed by atoms with E-state index in [0.717, 1.165) is 42.7 Å². The zero-order valence-electron chi connectivity index (χ0n) is 29.8. The number of allylic oxidation sites excluding steroid dienone is 1. The number of hydrogen-bond donors (Lipinski definition) is 4. The van der Waals surface area contributed by atoms with E-state index in [0.29, 0.717) is 38.6 Å². The number of nitrogens with one attached hydrogen (secondary N) is 3. The van der Waals surface area contributed by atoms with Crippen LogP contribution in [0.3, 0.4) is 0 Å². The average molecular weight is 710 g/mol. The number of carboxylic acids is 1. The van der Waals surface area contributed by atoms with E-state index < -0.39 is 59.3 Å². The summed E-state index contributed by atoms with van der Waals surface area (Å²) < 4.78 is 17.3. The Bertz CT molecular complexity index is 1540. The van der Waals surface area contributed by atoms with Crippen LogP contribution in [-0.2, 0) is 36.9 Å². The molecule has 3 aliphatic heterocycles. The van der Waals surface area contributed by atoms with Gasteiger partial charge in [-0.1, -0.05) is 31.1 Å². The van der Waals surface area contributed by atoms with Crippen LogP contribution in [0.5, 0.6) is 5.75 Å². The van der Waals surface area contributed by atoms with Gasteiger partial charge in [-0.3, -0.25) is 14.5 Å². The average Bonchev–Trinajstić information content (AvgIpc) is 3.92. The molecule has 4 amide bonds. The summed E-state index contributed by atoms with van der Waals surface area (Å²) in [5.74, 6) is -1.94. The minimum Gasteiger partial charge on any atom is -0.492 e. The van der Waals surface area contributed by atoms with Gasteiger partial charge in [-0.2, -0.15) is 0 Å². The van der Waals surface area contributed by atoms with Gasteiger partial charge in [-0.05, 0) is 82.6 Å². The fourth-order valence-electron chi connectivity index (χ4n) is 7.12. The van der Waals surface area contributed by atoms with Crippen molar-refractivity contribution in [1.82, 2.24) is 25.8 Å². The van der Waals surface area contributed by atoms with E-state index >= 15 is 0 Å². The summed E-state index contributed by atoms with van der Waals surface area (Å²) in [5, 5.41) is 19.0. The quantitative estimate of drug-likeness (QED) is 0.231. The maximum absolute atomic E-state index is 14.2. The first kappa shape index (κ1) is 36.5. The SMILES string of the molecule is CC(C)(C)OC(=O)N[C@H]1CCCCC/C=C\[C@@H]2C[C@@]2(C(=O)O)NC(=O)[C@@H]2C[C@@H](OC(=O)N3Cc4ccc(OCCNC5CC5)cc4C3)CN2C1=O. The molecule has 1 aromatic rings. The number of rotatable bonds is 8. The number of carboxylic acid groups (broad SMARTS) is 1. The van der Waals surface area contributed by atoms with Crippen LogP contribution in [0.15, 0.2) is 30.4 Å². The van der Waals surface area contributed by atoms with Crippen LogP contribution in [0, 0.1) is 5.92 Å². The highest BCUT2D eigenvalue weighted by Gasteiger charge is 2.61. The van der Waals surface area contributed by atoms with Gasteiger partial charge in [0.2, 0.25) is 11.8 Å². The molecule has 0 bridgehead atoms. The van der Waals surface area contributed by atoms with Gasteiger partial charge < -0.3 is 40.2 Å². The molecular formula is C37H51N5O9. The van der Waals surface area contributed by atoms with Crippen LogP contribution in [0.2, 0.25) is 0 Å². The second-order valence-corrected chi connectivity index (χ2v) is 15.5. The van der Waals surface area contributed by atoms with E-state index in [-0.39, 0.29) is 25.3 Å². The molecule has 2 aliphatic carbocycles. The lowest BCUT2D eigenvalue weighted by atomic mass is 10.0. The molecule has 14 nitrogen and oxygen atoms in total. The Morgan fingerprint density at radius 2 is 1.84 bits per heavy atom. The van der Waals surface area contributed by atoms with Gasteiger partial charge in [0.05, 0.1) is 6.54 Å². The smallest absolute Gasteiger partial charge is 0.410 e. The van der Waals surface area contributed by atoms with Crippen molar-refractivity contribution in [2.45, 2.75) is 127 Å². The molecular weight excluding hydrogens is 658 g/mol. The highest BCUT2D eigenvalue weighted by molar-refractivity contribution is 5.96. The van der Waals surface area contributed by atoms with Gasteiger partial charge in [-0.25, -0.2) is 14.4 Å². The third-order valence-electron chi connectivity index (χ3n) is 10.1. The Hall–Kier alpha value is -4.33. The van der Waals surface area contributed by atoms with Crippen LogP contribution in [0.1, 0.15) is 89.7 Å². The van der Waals surface area contributed by atoms with E-state index in [9.17, 15) is 29.1 Å². The highest BCUT2D eigenvalue weighted by atomic mass is 16.6. The normalized spacial score (nSPS) is 28.6.